The van der Waals surface area contributed by atoms with E-state index in [2.05, 4.69) is 4.98 Å². The van der Waals surface area contributed by atoms with Gasteiger partial charge >= 0.3 is 0 Å². The SMILES string of the molecule is COc1ccc(COc2ccc(CCl)cn2)cc1. The fraction of sp³-hybridized carbons (Fsp3) is 0.214. The van der Waals surface area contributed by atoms with Crippen LogP contribution in [0, 0.1) is 0 Å². The number of hydrogen-bond acceptors (Lipinski definition) is 3. The van der Waals surface area contributed by atoms with E-state index in [0.717, 1.165) is 16.9 Å². The van der Waals surface area contributed by atoms with Gasteiger partial charge in [-0.25, -0.2) is 4.98 Å². The summed E-state index contributed by atoms with van der Waals surface area (Å²) in [7, 11) is 1.65. The molecule has 0 radical (unpaired) electrons. The van der Waals surface area contributed by atoms with Crippen LogP contribution in [0.5, 0.6) is 11.6 Å². The molecule has 2 aromatic rings. The van der Waals surface area contributed by atoms with Crippen molar-refractivity contribution >= 4 is 11.6 Å². The molecule has 0 aliphatic rings. The molecule has 1 heterocycles. The van der Waals surface area contributed by atoms with Gasteiger partial charge in [-0.05, 0) is 23.3 Å². The number of alkyl halides is 1. The first-order chi connectivity index (χ1) is 8.81. The Hall–Kier alpha value is -1.74. The highest BCUT2D eigenvalue weighted by Gasteiger charge is 1.98. The summed E-state index contributed by atoms with van der Waals surface area (Å²) in [6, 6.07) is 11.5. The Morgan fingerprint density at radius 2 is 1.78 bits per heavy atom. The van der Waals surface area contributed by atoms with Crippen molar-refractivity contribution in [3.05, 3.63) is 53.7 Å². The topological polar surface area (TPSA) is 31.4 Å². The van der Waals surface area contributed by atoms with E-state index in [1.165, 1.54) is 0 Å². The van der Waals surface area contributed by atoms with Gasteiger partial charge in [0.15, 0.2) is 0 Å². The van der Waals surface area contributed by atoms with Crippen LogP contribution in [-0.2, 0) is 12.5 Å². The van der Waals surface area contributed by atoms with Crippen molar-refractivity contribution in [2.75, 3.05) is 7.11 Å². The van der Waals surface area contributed by atoms with Gasteiger partial charge in [0.1, 0.15) is 12.4 Å². The Balaban J connectivity index is 1.93. The monoisotopic (exact) mass is 263 g/mol. The molecule has 18 heavy (non-hydrogen) atoms. The predicted octanol–water partition coefficient (Wildman–Crippen LogP) is 3.41. The van der Waals surface area contributed by atoms with Crippen LogP contribution in [0.25, 0.3) is 0 Å². The summed E-state index contributed by atoms with van der Waals surface area (Å²) in [6.45, 7) is 0.483. The standard InChI is InChI=1S/C14H14ClNO2/c1-17-13-5-2-11(3-6-13)10-18-14-7-4-12(8-15)9-16-14/h2-7,9H,8,10H2,1H3. The summed E-state index contributed by atoms with van der Waals surface area (Å²) < 4.78 is 10.7. The normalized spacial score (nSPS) is 10.1. The smallest absolute Gasteiger partial charge is 0.213 e. The van der Waals surface area contributed by atoms with Crippen LogP contribution in [0.15, 0.2) is 42.6 Å². The minimum Gasteiger partial charge on any atom is -0.497 e. The van der Waals surface area contributed by atoms with E-state index in [4.69, 9.17) is 21.1 Å². The highest BCUT2D eigenvalue weighted by atomic mass is 35.5. The van der Waals surface area contributed by atoms with Gasteiger partial charge in [-0.15, -0.1) is 11.6 Å². The number of methoxy groups -OCH3 is 1. The molecular weight excluding hydrogens is 250 g/mol. The van der Waals surface area contributed by atoms with Crippen molar-refractivity contribution in [1.82, 2.24) is 4.98 Å². The Labute approximate surface area is 111 Å². The van der Waals surface area contributed by atoms with Crippen LogP contribution in [0.1, 0.15) is 11.1 Å². The second-order valence-electron chi connectivity index (χ2n) is 3.78. The Morgan fingerprint density at radius 3 is 2.33 bits per heavy atom. The van der Waals surface area contributed by atoms with Crippen LogP contribution >= 0.6 is 11.6 Å². The first kappa shape index (κ1) is 12.7. The number of aromatic nitrogens is 1. The van der Waals surface area contributed by atoms with E-state index >= 15 is 0 Å². The summed E-state index contributed by atoms with van der Waals surface area (Å²) in [6.07, 6.45) is 1.72. The number of ether oxygens (including phenoxy) is 2. The molecule has 94 valence electrons. The van der Waals surface area contributed by atoms with Gasteiger partial charge in [-0.1, -0.05) is 18.2 Å². The fourth-order valence-corrected chi connectivity index (χ4v) is 1.61. The van der Waals surface area contributed by atoms with Gasteiger partial charge < -0.3 is 9.47 Å². The number of rotatable bonds is 5. The molecule has 0 aliphatic carbocycles. The molecule has 4 heteroatoms. The maximum atomic E-state index is 5.69. The summed E-state index contributed by atoms with van der Waals surface area (Å²) in [5.74, 6) is 1.90. The minimum absolute atomic E-state index is 0.464. The molecule has 0 bridgehead atoms. The Kier molecular flexibility index (Phi) is 4.42. The van der Waals surface area contributed by atoms with E-state index in [1.807, 2.05) is 36.4 Å². The van der Waals surface area contributed by atoms with Crippen LogP contribution in [0.4, 0.5) is 0 Å². The largest absolute Gasteiger partial charge is 0.497 e. The quantitative estimate of drug-likeness (QED) is 0.775. The van der Waals surface area contributed by atoms with E-state index in [-0.39, 0.29) is 0 Å². The number of hydrogen-bond donors (Lipinski definition) is 0. The zero-order valence-corrected chi connectivity index (χ0v) is 10.9. The van der Waals surface area contributed by atoms with E-state index in [9.17, 15) is 0 Å². The summed E-state index contributed by atoms with van der Waals surface area (Å²) >= 11 is 5.69. The molecule has 0 saturated carbocycles. The molecule has 0 saturated heterocycles. The second kappa shape index (κ2) is 6.26. The highest BCUT2D eigenvalue weighted by molar-refractivity contribution is 6.17. The van der Waals surface area contributed by atoms with Crippen LogP contribution in [0.3, 0.4) is 0 Å². The third kappa shape index (κ3) is 3.37. The summed E-state index contributed by atoms with van der Waals surface area (Å²) in [5.41, 5.74) is 2.05. The van der Waals surface area contributed by atoms with Gasteiger partial charge in [0.2, 0.25) is 5.88 Å². The molecular formula is C14H14ClNO2. The van der Waals surface area contributed by atoms with Crippen molar-refractivity contribution < 1.29 is 9.47 Å². The average Bonchev–Trinajstić information content (AvgIpc) is 2.46. The molecule has 0 unspecified atom stereocenters. The highest BCUT2D eigenvalue weighted by Crippen LogP contribution is 2.14. The summed E-state index contributed by atoms with van der Waals surface area (Å²) in [5, 5.41) is 0. The molecule has 2 rings (SSSR count). The molecule has 0 atom stereocenters. The van der Waals surface area contributed by atoms with Crippen molar-refractivity contribution in [3.8, 4) is 11.6 Å². The third-order valence-corrected chi connectivity index (χ3v) is 2.81. The summed E-state index contributed by atoms with van der Waals surface area (Å²) in [4.78, 5) is 4.17. The number of nitrogens with zero attached hydrogens (tertiary/aromatic N) is 1. The Bertz CT molecular complexity index is 435. The molecule has 0 spiro atoms. The number of pyridine rings is 1. The minimum atomic E-state index is 0.464. The molecule has 1 aromatic carbocycles. The van der Waals surface area contributed by atoms with E-state index < -0.39 is 0 Å². The lowest BCUT2D eigenvalue weighted by atomic mass is 10.2. The van der Waals surface area contributed by atoms with E-state index in [0.29, 0.717) is 18.4 Å². The Morgan fingerprint density at radius 1 is 1.06 bits per heavy atom. The zero-order chi connectivity index (χ0) is 12.8. The van der Waals surface area contributed by atoms with Crippen molar-refractivity contribution in [2.24, 2.45) is 0 Å². The lowest BCUT2D eigenvalue weighted by molar-refractivity contribution is 0.293. The first-order valence-electron chi connectivity index (χ1n) is 5.58. The van der Waals surface area contributed by atoms with Gasteiger partial charge in [0, 0.05) is 18.1 Å². The first-order valence-corrected chi connectivity index (χ1v) is 6.12. The van der Waals surface area contributed by atoms with Crippen molar-refractivity contribution in [3.63, 3.8) is 0 Å². The number of halogens is 1. The van der Waals surface area contributed by atoms with Gasteiger partial charge in [-0.3, -0.25) is 0 Å². The molecule has 0 fully saturated rings. The average molecular weight is 264 g/mol. The maximum absolute atomic E-state index is 5.69. The van der Waals surface area contributed by atoms with Crippen molar-refractivity contribution in [2.45, 2.75) is 12.5 Å². The molecule has 0 amide bonds. The zero-order valence-electron chi connectivity index (χ0n) is 10.1. The lowest BCUT2D eigenvalue weighted by Gasteiger charge is -2.06. The molecule has 1 aromatic heterocycles. The molecule has 3 nitrogen and oxygen atoms in total. The van der Waals surface area contributed by atoms with Crippen LogP contribution in [-0.4, -0.2) is 12.1 Å². The number of benzene rings is 1. The molecule has 0 N–H and O–H groups in total. The second-order valence-corrected chi connectivity index (χ2v) is 4.04. The van der Waals surface area contributed by atoms with E-state index in [1.54, 1.807) is 13.3 Å². The van der Waals surface area contributed by atoms with Gasteiger partial charge in [0.25, 0.3) is 0 Å². The molecule has 0 aliphatic heterocycles. The lowest BCUT2D eigenvalue weighted by Crippen LogP contribution is -1.97. The van der Waals surface area contributed by atoms with Gasteiger partial charge in [-0.2, -0.15) is 0 Å². The maximum Gasteiger partial charge on any atom is 0.213 e. The third-order valence-electron chi connectivity index (χ3n) is 2.50. The van der Waals surface area contributed by atoms with Crippen LogP contribution in [0.2, 0.25) is 0 Å². The predicted molar refractivity (Wildman–Crippen MR) is 71.1 cm³/mol. The van der Waals surface area contributed by atoms with Crippen LogP contribution < -0.4 is 9.47 Å². The van der Waals surface area contributed by atoms with Crippen molar-refractivity contribution in [1.29, 1.82) is 0 Å². The van der Waals surface area contributed by atoms with Gasteiger partial charge in [0.05, 0.1) is 7.11 Å². The fourth-order valence-electron chi connectivity index (χ4n) is 1.45.